The third-order valence-corrected chi connectivity index (χ3v) is 7.03. The first-order chi connectivity index (χ1) is 18.9. The lowest BCUT2D eigenvalue weighted by atomic mass is 9.83. The fourth-order valence-electron chi connectivity index (χ4n) is 4.57. The highest BCUT2D eigenvalue weighted by Gasteiger charge is 2.37. The summed E-state index contributed by atoms with van der Waals surface area (Å²) in [6.07, 6.45) is -0.500. The maximum absolute atomic E-state index is 12.8. The third kappa shape index (κ3) is 5.10. The minimum absolute atomic E-state index is 0.0420. The molecule has 12 heteroatoms. The molecule has 0 saturated carbocycles. The second-order valence-corrected chi connectivity index (χ2v) is 9.56. The lowest BCUT2D eigenvalue weighted by molar-refractivity contribution is 0.0412. The number of carbonyl (C=O) groups excluding carboxylic acids is 1. The number of morpholine rings is 1. The molecular weight excluding hydrogens is 570 g/mol. The van der Waals surface area contributed by atoms with Crippen molar-refractivity contribution < 1.29 is 28.5 Å². The zero-order chi connectivity index (χ0) is 27.5. The van der Waals surface area contributed by atoms with E-state index in [0.29, 0.717) is 65.7 Å². The van der Waals surface area contributed by atoms with Crippen molar-refractivity contribution in [2.24, 2.45) is 5.73 Å². The van der Waals surface area contributed by atoms with Crippen molar-refractivity contribution in [1.82, 2.24) is 15.1 Å². The number of nitriles is 1. The van der Waals surface area contributed by atoms with Gasteiger partial charge in [-0.25, -0.2) is 4.79 Å². The van der Waals surface area contributed by atoms with Crippen LogP contribution >= 0.6 is 15.9 Å². The molecule has 0 aliphatic carbocycles. The summed E-state index contributed by atoms with van der Waals surface area (Å²) in [5, 5.41) is 17.5. The molecule has 1 saturated heterocycles. The molecule has 1 atom stereocenters. The van der Waals surface area contributed by atoms with Gasteiger partial charge in [0.1, 0.15) is 17.4 Å². The van der Waals surface area contributed by atoms with E-state index in [0.717, 1.165) is 5.56 Å². The molecule has 5 rings (SSSR count). The third-order valence-electron chi connectivity index (χ3n) is 6.44. The van der Waals surface area contributed by atoms with Crippen molar-refractivity contribution in [3.05, 3.63) is 63.5 Å². The zero-order valence-electron chi connectivity index (χ0n) is 21.3. The standard InChI is InChI=1S/C27H26BrN5O6/c1-3-37-20-13-16(12-19(28)24(20)38-27(34)33-8-10-36-11-9-33)21-18(14-29)25(30)39-26-22(21)23(31-32-26)15-4-6-17(35-2)7-5-15/h4-7,12-13,21H,3,8-11,30H2,1-2H3,(H,31,32)/t21-/m0/s1. The van der Waals surface area contributed by atoms with Gasteiger partial charge in [-0.2, -0.15) is 5.26 Å². The van der Waals surface area contributed by atoms with Crippen molar-refractivity contribution in [3.63, 3.8) is 0 Å². The Balaban J connectivity index is 1.59. The van der Waals surface area contributed by atoms with Gasteiger partial charge in [-0.1, -0.05) is 0 Å². The largest absolute Gasteiger partial charge is 0.497 e. The number of nitrogens with one attached hydrogen (secondary N) is 1. The minimum Gasteiger partial charge on any atom is -0.497 e. The number of H-pyrrole nitrogens is 1. The number of amides is 1. The van der Waals surface area contributed by atoms with Gasteiger partial charge in [0.15, 0.2) is 11.5 Å². The summed E-state index contributed by atoms with van der Waals surface area (Å²) in [5.41, 5.74) is 9.16. The summed E-state index contributed by atoms with van der Waals surface area (Å²) < 4.78 is 28.5. The van der Waals surface area contributed by atoms with Crippen molar-refractivity contribution in [2.45, 2.75) is 12.8 Å². The smallest absolute Gasteiger partial charge is 0.415 e. The maximum atomic E-state index is 12.8. The number of ether oxygens (including phenoxy) is 5. The Bertz CT molecular complexity index is 1460. The van der Waals surface area contributed by atoms with Gasteiger partial charge in [-0.05, 0) is 64.8 Å². The van der Waals surface area contributed by atoms with E-state index in [4.69, 9.17) is 29.4 Å². The van der Waals surface area contributed by atoms with Gasteiger partial charge in [-0.15, -0.1) is 5.10 Å². The summed E-state index contributed by atoms with van der Waals surface area (Å²) in [6, 6.07) is 13.1. The first kappa shape index (κ1) is 26.4. The highest BCUT2D eigenvalue weighted by Crippen LogP contribution is 2.48. The number of nitrogens with zero attached hydrogens (tertiary/aromatic N) is 3. The Morgan fingerprint density at radius 3 is 2.69 bits per heavy atom. The van der Waals surface area contributed by atoms with E-state index < -0.39 is 12.0 Å². The summed E-state index contributed by atoms with van der Waals surface area (Å²) in [5.74, 6) is 0.853. The maximum Gasteiger partial charge on any atom is 0.415 e. The molecule has 0 unspecified atom stereocenters. The molecule has 3 N–H and O–H groups in total. The Labute approximate surface area is 233 Å². The van der Waals surface area contributed by atoms with Gasteiger partial charge in [-0.3, -0.25) is 5.10 Å². The van der Waals surface area contributed by atoms with Gasteiger partial charge in [0.2, 0.25) is 11.8 Å². The normalized spacial score (nSPS) is 16.7. The number of benzene rings is 2. The molecular formula is C27H26BrN5O6. The number of nitrogens with two attached hydrogens (primary N) is 1. The Kier molecular flexibility index (Phi) is 7.63. The first-order valence-corrected chi connectivity index (χ1v) is 13.0. The van der Waals surface area contributed by atoms with E-state index in [9.17, 15) is 10.1 Å². The number of allylic oxidation sites excluding steroid dienone is 1. The Morgan fingerprint density at radius 1 is 1.28 bits per heavy atom. The van der Waals surface area contributed by atoms with Crippen molar-refractivity contribution >= 4 is 22.0 Å². The Morgan fingerprint density at radius 2 is 2.03 bits per heavy atom. The minimum atomic E-state index is -0.644. The number of halogens is 1. The number of hydrogen-bond donors (Lipinski definition) is 2. The van der Waals surface area contributed by atoms with Crippen LogP contribution in [0.3, 0.4) is 0 Å². The van der Waals surface area contributed by atoms with Crippen LogP contribution in [0.4, 0.5) is 4.79 Å². The molecule has 3 aromatic rings. The number of rotatable bonds is 6. The van der Waals surface area contributed by atoms with Crippen LogP contribution in [0.15, 0.2) is 52.3 Å². The average Bonchev–Trinajstić information content (AvgIpc) is 3.37. The van der Waals surface area contributed by atoms with Crippen molar-refractivity contribution in [2.75, 3.05) is 40.0 Å². The average molecular weight is 596 g/mol. The zero-order valence-corrected chi connectivity index (χ0v) is 22.9. The van der Waals surface area contributed by atoms with Gasteiger partial charge < -0.3 is 34.3 Å². The van der Waals surface area contributed by atoms with E-state index in [2.05, 4.69) is 32.2 Å². The molecule has 0 bridgehead atoms. The molecule has 1 fully saturated rings. The molecule has 2 aromatic carbocycles. The molecule has 1 aromatic heterocycles. The highest BCUT2D eigenvalue weighted by molar-refractivity contribution is 9.10. The van der Waals surface area contributed by atoms with E-state index in [1.807, 2.05) is 31.2 Å². The van der Waals surface area contributed by atoms with E-state index in [1.165, 1.54) is 0 Å². The molecule has 0 radical (unpaired) electrons. The lowest BCUT2D eigenvalue weighted by Crippen LogP contribution is -2.42. The summed E-state index contributed by atoms with van der Waals surface area (Å²) in [4.78, 5) is 14.4. The molecule has 1 amide bonds. The lowest BCUT2D eigenvalue weighted by Gasteiger charge is -2.27. The monoisotopic (exact) mass is 595 g/mol. The highest BCUT2D eigenvalue weighted by atomic mass is 79.9. The molecule has 39 heavy (non-hydrogen) atoms. The molecule has 11 nitrogen and oxygen atoms in total. The van der Waals surface area contributed by atoms with Gasteiger partial charge in [0.25, 0.3) is 0 Å². The molecule has 0 spiro atoms. The van der Waals surface area contributed by atoms with Crippen LogP contribution in [0, 0.1) is 11.3 Å². The van der Waals surface area contributed by atoms with Crippen LogP contribution in [0.1, 0.15) is 24.0 Å². The summed E-state index contributed by atoms with van der Waals surface area (Å²) >= 11 is 3.55. The number of hydrogen-bond acceptors (Lipinski definition) is 9. The number of methoxy groups -OCH3 is 1. The van der Waals surface area contributed by atoms with E-state index in [-0.39, 0.29) is 23.1 Å². The van der Waals surface area contributed by atoms with E-state index in [1.54, 1.807) is 24.1 Å². The number of fused-ring (bicyclic) bond motifs is 1. The predicted octanol–water partition coefficient (Wildman–Crippen LogP) is 4.30. The van der Waals surface area contributed by atoms with Crippen LogP contribution in [-0.2, 0) is 4.74 Å². The second-order valence-electron chi connectivity index (χ2n) is 8.70. The fraction of sp³-hybridized carbons (Fsp3) is 0.296. The van der Waals surface area contributed by atoms with Gasteiger partial charge in [0.05, 0.1) is 48.6 Å². The van der Waals surface area contributed by atoms with E-state index >= 15 is 0 Å². The quantitative estimate of drug-likeness (QED) is 0.426. The number of carbonyl (C=O) groups is 1. The van der Waals surface area contributed by atoms with Gasteiger partial charge in [0, 0.05) is 18.7 Å². The van der Waals surface area contributed by atoms with Crippen LogP contribution in [-0.4, -0.2) is 61.2 Å². The number of aromatic amines is 1. The van der Waals surface area contributed by atoms with Crippen LogP contribution in [0.5, 0.6) is 23.1 Å². The predicted molar refractivity (Wildman–Crippen MR) is 144 cm³/mol. The Hall–Kier alpha value is -4.21. The van der Waals surface area contributed by atoms with Crippen LogP contribution in [0.25, 0.3) is 11.3 Å². The molecule has 2 aliphatic heterocycles. The second kappa shape index (κ2) is 11.3. The number of aromatic nitrogens is 2. The van der Waals surface area contributed by atoms with Crippen molar-refractivity contribution in [1.29, 1.82) is 5.26 Å². The molecule has 3 heterocycles. The molecule has 202 valence electrons. The summed E-state index contributed by atoms with van der Waals surface area (Å²) in [6.45, 7) is 3.93. The van der Waals surface area contributed by atoms with Crippen molar-refractivity contribution in [3.8, 4) is 40.5 Å². The van der Waals surface area contributed by atoms with Gasteiger partial charge >= 0.3 is 6.09 Å². The fourth-order valence-corrected chi connectivity index (χ4v) is 5.11. The van der Waals surface area contributed by atoms with Crippen LogP contribution < -0.4 is 24.7 Å². The topological polar surface area (TPSA) is 145 Å². The van der Waals surface area contributed by atoms with Crippen LogP contribution in [0.2, 0.25) is 0 Å². The summed E-state index contributed by atoms with van der Waals surface area (Å²) in [7, 11) is 1.60. The first-order valence-electron chi connectivity index (χ1n) is 12.3. The SMILES string of the molecule is CCOc1cc([C@H]2C(C#N)=C(N)Oc3n[nH]c(-c4ccc(OC)cc4)c32)cc(Br)c1OC(=O)N1CCOCC1. The molecule has 2 aliphatic rings.